The molecule has 0 aromatic rings. The molecule has 0 bridgehead atoms. The summed E-state index contributed by atoms with van der Waals surface area (Å²) in [4.78, 5) is 0. The molecule has 0 aromatic heterocycles. The number of thioether (sulfide) groups is 1. The van der Waals surface area contributed by atoms with Crippen LogP contribution in [0.1, 0.15) is 39.0 Å². The maximum absolute atomic E-state index is 3.52. The van der Waals surface area contributed by atoms with Crippen molar-refractivity contribution >= 4 is 11.8 Å². The molecule has 1 N–H and O–H groups in total. The molecule has 0 radical (unpaired) electrons. The van der Waals surface area contributed by atoms with Crippen LogP contribution in [0.4, 0.5) is 0 Å². The monoisotopic (exact) mass is 215 g/mol. The van der Waals surface area contributed by atoms with Gasteiger partial charge in [-0.05, 0) is 31.6 Å². The maximum Gasteiger partial charge on any atom is 0.0185 e. The lowest BCUT2D eigenvalue weighted by atomic mass is 9.74. The molecule has 0 spiro atoms. The summed E-state index contributed by atoms with van der Waals surface area (Å²) < 4.78 is 0. The van der Waals surface area contributed by atoms with Gasteiger partial charge >= 0.3 is 0 Å². The highest BCUT2D eigenvalue weighted by Gasteiger charge is 2.29. The topological polar surface area (TPSA) is 12.0 Å². The summed E-state index contributed by atoms with van der Waals surface area (Å²) in [5.41, 5.74) is 0. The van der Waals surface area contributed by atoms with Crippen LogP contribution in [0.15, 0.2) is 0 Å². The van der Waals surface area contributed by atoms with Gasteiger partial charge in [0.25, 0.3) is 0 Å². The first kappa shape index (κ1) is 12.4. The van der Waals surface area contributed by atoms with E-state index in [-0.39, 0.29) is 0 Å². The molecule has 1 saturated carbocycles. The van der Waals surface area contributed by atoms with Crippen LogP contribution in [-0.4, -0.2) is 25.1 Å². The van der Waals surface area contributed by atoms with Crippen molar-refractivity contribution in [2.24, 2.45) is 11.8 Å². The Morgan fingerprint density at radius 2 is 2.07 bits per heavy atom. The van der Waals surface area contributed by atoms with Gasteiger partial charge in [0.15, 0.2) is 0 Å². The van der Waals surface area contributed by atoms with Crippen molar-refractivity contribution in [3.05, 3.63) is 0 Å². The number of hydrogen-bond acceptors (Lipinski definition) is 2. The lowest BCUT2D eigenvalue weighted by Gasteiger charge is -2.36. The van der Waals surface area contributed by atoms with Gasteiger partial charge in [0, 0.05) is 11.8 Å². The molecule has 1 aliphatic rings. The second-order valence-corrected chi connectivity index (χ2v) is 5.38. The molecular weight excluding hydrogens is 190 g/mol. The fraction of sp³-hybridized carbons (Fsp3) is 1.00. The molecule has 0 heterocycles. The van der Waals surface area contributed by atoms with Crippen LogP contribution >= 0.6 is 11.8 Å². The minimum absolute atomic E-state index is 0.746. The van der Waals surface area contributed by atoms with Crippen LogP contribution in [0.25, 0.3) is 0 Å². The molecule has 1 rings (SSSR count). The van der Waals surface area contributed by atoms with E-state index in [4.69, 9.17) is 0 Å². The van der Waals surface area contributed by atoms with E-state index in [1.54, 1.807) is 0 Å². The first-order chi connectivity index (χ1) is 6.83. The molecule has 14 heavy (non-hydrogen) atoms. The minimum atomic E-state index is 0.746. The Labute approximate surface area is 93.4 Å². The highest BCUT2D eigenvalue weighted by Crippen LogP contribution is 2.35. The van der Waals surface area contributed by atoms with E-state index in [0.717, 1.165) is 17.9 Å². The molecule has 0 amide bonds. The molecule has 3 atom stereocenters. The third-order valence-electron chi connectivity index (χ3n) is 3.73. The second kappa shape index (κ2) is 6.73. The molecule has 1 aliphatic carbocycles. The number of nitrogens with one attached hydrogen (secondary N) is 1. The zero-order chi connectivity index (χ0) is 10.4. The van der Waals surface area contributed by atoms with Crippen molar-refractivity contribution < 1.29 is 0 Å². The average Bonchev–Trinajstić information content (AvgIpc) is 2.26. The number of hydrogen-bond donors (Lipinski definition) is 1. The molecule has 3 unspecified atom stereocenters. The summed E-state index contributed by atoms with van der Waals surface area (Å²) in [7, 11) is 2.13. The summed E-state index contributed by atoms with van der Waals surface area (Å²) in [6.07, 6.45) is 9.42. The molecular formula is C12H25NS. The third-order valence-corrected chi connectivity index (χ3v) is 4.42. The quantitative estimate of drug-likeness (QED) is 0.756. The van der Waals surface area contributed by atoms with Gasteiger partial charge in [0.1, 0.15) is 0 Å². The van der Waals surface area contributed by atoms with Gasteiger partial charge in [-0.15, -0.1) is 0 Å². The summed E-state index contributed by atoms with van der Waals surface area (Å²) in [5, 5.41) is 3.52. The van der Waals surface area contributed by atoms with Gasteiger partial charge in [-0.1, -0.05) is 32.6 Å². The van der Waals surface area contributed by atoms with Gasteiger partial charge in [0.2, 0.25) is 0 Å². The Balaban J connectivity index is 2.51. The highest BCUT2D eigenvalue weighted by molar-refractivity contribution is 7.98. The van der Waals surface area contributed by atoms with Gasteiger partial charge in [-0.25, -0.2) is 0 Å². The fourth-order valence-electron chi connectivity index (χ4n) is 2.87. The van der Waals surface area contributed by atoms with Crippen molar-refractivity contribution in [3.8, 4) is 0 Å². The molecule has 0 aromatic carbocycles. The normalized spacial score (nSPS) is 30.2. The standard InChI is InChI=1S/C12H25NS/c1-4-10-7-5-6-8-11(10)12(13-2)9-14-3/h10-13H,4-9H2,1-3H3. The Morgan fingerprint density at radius 3 is 2.64 bits per heavy atom. The van der Waals surface area contributed by atoms with E-state index in [0.29, 0.717) is 0 Å². The van der Waals surface area contributed by atoms with Crippen molar-refractivity contribution in [1.29, 1.82) is 0 Å². The minimum Gasteiger partial charge on any atom is -0.316 e. The molecule has 0 aliphatic heterocycles. The van der Waals surface area contributed by atoms with Gasteiger partial charge in [0.05, 0.1) is 0 Å². The van der Waals surface area contributed by atoms with Crippen LogP contribution < -0.4 is 5.32 Å². The first-order valence-electron chi connectivity index (χ1n) is 5.99. The van der Waals surface area contributed by atoms with Crippen LogP contribution in [0.3, 0.4) is 0 Å². The molecule has 1 fully saturated rings. The summed E-state index contributed by atoms with van der Waals surface area (Å²) in [6, 6.07) is 0.746. The van der Waals surface area contributed by atoms with E-state index in [2.05, 4.69) is 25.5 Å². The van der Waals surface area contributed by atoms with E-state index < -0.39 is 0 Å². The molecule has 1 nitrogen and oxygen atoms in total. The van der Waals surface area contributed by atoms with Crippen molar-refractivity contribution in [1.82, 2.24) is 5.32 Å². The molecule has 2 heteroatoms. The van der Waals surface area contributed by atoms with Crippen LogP contribution in [0.2, 0.25) is 0 Å². The zero-order valence-electron chi connectivity index (χ0n) is 9.88. The smallest absolute Gasteiger partial charge is 0.0185 e. The molecule has 0 saturated heterocycles. The predicted octanol–water partition coefficient (Wildman–Crippen LogP) is 3.15. The van der Waals surface area contributed by atoms with E-state index in [1.165, 1.54) is 37.9 Å². The van der Waals surface area contributed by atoms with Crippen LogP contribution in [0, 0.1) is 11.8 Å². The summed E-state index contributed by atoms with van der Waals surface area (Å²) in [5.74, 6) is 3.19. The largest absolute Gasteiger partial charge is 0.316 e. The Kier molecular flexibility index (Phi) is 5.95. The summed E-state index contributed by atoms with van der Waals surface area (Å²) in [6.45, 7) is 2.36. The van der Waals surface area contributed by atoms with E-state index in [9.17, 15) is 0 Å². The molecule has 84 valence electrons. The van der Waals surface area contributed by atoms with Gasteiger partial charge in [-0.3, -0.25) is 0 Å². The van der Waals surface area contributed by atoms with Crippen LogP contribution in [-0.2, 0) is 0 Å². The van der Waals surface area contributed by atoms with Gasteiger partial charge < -0.3 is 5.32 Å². The lowest BCUT2D eigenvalue weighted by Crippen LogP contribution is -2.41. The van der Waals surface area contributed by atoms with Crippen molar-refractivity contribution in [3.63, 3.8) is 0 Å². The lowest BCUT2D eigenvalue weighted by molar-refractivity contribution is 0.190. The van der Waals surface area contributed by atoms with E-state index >= 15 is 0 Å². The zero-order valence-corrected chi connectivity index (χ0v) is 10.7. The highest BCUT2D eigenvalue weighted by atomic mass is 32.2. The summed E-state index contributed by atoms with van der Waals surface area (Å²) >= 11 is 1.98. The van der Waals surface area contributed by atoms with Crippen molar-refractivity contribution in [2.45, 2.75) is 45.1 Å². The number of rotatable bonds is 5. The predicted molar refractivity (Wildman–Crippen MR) is 67.0 cm³/mol. The van der Waals surface area contributed by atoms with E-state index in [1.807, 2.05) is 11.8 Å². The fourth-order valence-corrected chi connectivity index (χ4v) is 3.65. The average molecular weight is 215 g/mol. The SMILES string of the molecule is CCC1CCCCC1C(CSC)NC. The Bertz CT molecular complexity index is 149. The Morgan fingerprint density at radius 1 is 1.36 bits per heavy atom. The van der Waals surface area contributed by atoms with Crippen molar-refractivity contribution in [2.75, 3.05) is 19.1 Å². The van der Waals surface area contributed by atoms with Gasteiger partial charge in [-0.2, -0.15) is 11.8 Å². The maximum atomic E-state index is 3.52. The first-order valence-corrected chi connectivity index (χ1v) is 7.39. The Hall–Kier alpha value is 0.310. The third kappa shape index (κ3) is 3.16. The van der Waals surface area contributed by atoms with Crippen LogP contribution in [0.5, 0.6) is 0 Å². The second-order valence-electron chi connectivity index (χ2n) is 4.47.